The van der Waals surface area contributed by atoms with Crippen molar-refractivity contribution in [3.05, 3.63) is 29.8 Å². The molecule has 0 aromatic heterocycles. The Morgan fingerprint density at radius 3 is 2.88 bits per heavy atom. The summed E-state index contributed by atoms with van der Waals surface area (Å²) in [5.41, 5.74) is 1.52. The van der Waals surface area contributed by atoms with E-state index in [4.69, 9.17) is 9.47 Å². The largest absolute Gasteiger partial charge is 0.496 e. The molecule has 1 heterocycles. The zero-order valence-electron chi connectivity index (χ0n) is 9.54. The molecule has 0 radical (unpaired) electrons. The number of hydrogen-bond donors (Lipinski definition) is 0. The van der Waals surface area contributed by atoms with Crippen molar-refractivity contribution >= 4 is 15.9 Å². The predicted octanol–water partition coefficient (Wildman–Crippen LogP) is 3.04. The van der Waals surface area contributed by atoms with Crippen LogP contribution in [0, 0.1) is 5.41 Å². The van der Waals surface area contributed by atoms with Crippen LogP contribution in [-0.2, 0) is 11.2 Å². The molecule has 1 aromatic carbocycles. The van der Waals surface area contributed by atoms with Crippen molar-refractivity contribution in [3.8, 4) is 5.75 Å². The Hall–Kier alpha value is -0.540. The monoisotopic (exact) mass is 284 g/mol. The summed E-state index contributed by atoms with van der Waals surface area (Å²) in [5, 5.41) is 0.984. The van der Waals surface area contributed by atoms with Gasteiger partial charge in [0.25, 0.3) is 0 Å². The van der Waals surface area contributed by atoms with Crippen LogP contribution in [0.15, 0.2) is 24.3 Å². The molecule has 3 heteroatoms. The van der Waals surface area contributed by atoms with Gasteiger partial charge in [0.2, 0.25) is 0 Å². The van der Waals surface area contributed by atoms with Crippen molar-refractivity contribution in [2.45, 2.75) is 12.8 Å². The first-order valence-corrected chi connectivity index (χ1v) is 6.67. The van der Waals surface area contributed by atoms with Crippen LogP contribution in [0.25, 0.3) is 0 Å². The molecule has 0 amide bonds. The minimum absolute atomic E-state index is 0.245. The Labute approximate surface area is 105 Å². The normalized spacial score (nSPS) is 24.6. The highest BCUT2D eigenvalue weighted by molar-refractivity contribution is 9.09. The molecular formula is C13H17BrO2. The topological polar surface area (TPSA) is 18.5 Å². The summed E-state index contributed by atoms with van der Waals surface area (Å²) in [4.78, 5) is 0. The van der Waals surface area contributed by atoms with E-state index in [9.17, 15) is 0 Å². The van der Waals surface area contributed by atoms with E-state index in [1.165, 1.54) is 5.56 Å². The number of hydrogen-bond acceptors (Lipinski definition) is 2. The maximum Gasteiger partial charge on any atom is 0.122 e. The van der Waals surface area contributed by atoms with E-state index in [0.29, 0.717) is 0 Å². The number of para-hydroxylation sites is 1. The second-order valence-electron chi connectivity index (χ2n) is 4.42. The van der Waals surface area contributed by atoms with E-state index < -0.39 is 0 Å². The summed E-state index contributed by atoms with van der Waals surface area (Å²) in [5.74, 6) is 0.981. The van der Waals surface area contributed by atoms with Gasteiger partial charge in [-0.15, -0.1) is 0 Å². The molecule has 0 bridgehead atoms. The van der Waals surface area contributed by atoms with Gasteiger partial charge in [0, 0.05) is 17.4 Å². The summed E-state index contributed by atoms with van der Waals surface area (Å²) in [6.45, 7) is 1.72. The van der Waals surface area contributed by atoms with Crippen LogP contribution in [0.1, 0.15) is 12.0 Å². The zero-order valence-corrected chi connectivity index (χ0v) is 11.1. The highest BCUT2D eigenvalue weighted by Gasteiger charge is 2.34. The molecule has 88 valence electrons. The van der Waals surface area contributed by atoms with Gasteiger partial charge in [-0.2, -0.15) is 0 Å². The highest BCUT2D eigenvalue weighted by Crippen LogP contribution is 2.36. The summed E-state index contributed by atoms with van der Waals surface area (Å²) in [6, 6.07) is 8.23. The molecule has 1 unspecified atom stereocenters. The van der Waals surface area contributed by atoms with Gasteiger partial charge in [0.05, 0.1) is 13.7 Å². The second kappa shape index (κ2) is 5.19. The van der Waals surface area contributed by atoms with Crippen molar-refractivity contribution < 1.29 is 9.47 Å². The first-order chi connectivity index (χ1) is 7.79. The summed E-state index contributed by atoms with van der Waals surface area (Å²) >= 11 is 3.62. The molecule has 1 aliphatic heterocycles. The fraction of sp³-hybridized carbons (Fsp3) is 0.538. The van der Waals surface area contributed by atoms with Gasteiger partial charge in [-0.3, -0.25) is 0 Å². The van der Waals surface area contributed by atoms with E-state index in [1.807, 2.05) is 12.1 Å². The third-order valence-electron chi connectivity index (χ3n) is 3.23. The Morgan fingerprint density at radius 1 is 1.44 bits per heavy atom. The molecule has 1 aromatic rings. The third kappa shape index (κ3) is 2.41. The molecule has 0 spiro atoms. The van der Waals surface area contributed by atoms with Gasteiger partial charge in [0.15, 0.2) is 0 Å². The van der Waals surface area contributed by atoms with E-state index in [0.717, 1.165) is 37.1 Å². The molecule has 1 fully saturated rings. The van der Waals surface area contributed by atoms with Crippen molar-refractivity contribution in [2.75, 3.05) is 25.7 Å². The summed E-state index contributed by atoms with van der Waals surface area (Å²) in [7, 11) is 1.73. The van der Waals surface area contributed by atoms with E-state index >= 15 is 0 Å². The lowest BCUT2D eigenvalue weighted by atomic mass is 9.83. The zero-order chi connectivity index (χ0) is 11.4. The number of benzene rings is 1. The predicted molar refractivity (Wildman–Crippen MR) is 68.4 cm³/mol. The van der Waals surface area contributed by atoms with Gasteiger partial charge in [-0.1, -0.05) is 34.1 Å². The van der Waals surface area contributed by atoms with E-state index in [1.54, 1.807) is 7.11 Å². The van der Waals surface area contributed by atoms with Gasteiger partial charge in [-0.05, 0) is 24.5 Å². The van der Waals surface area contributed by atoms with E-state index in [2.05, 4.69) is 28.1 Å². The van der Waals surface area contributed by atoms with Crippen LogP contribution < -0.4 is 4.74 Å². The third-order valence-corrected chi connectivity index (χ3v) is 4.42. The van der Waals surface area contributed by atoms with Crippen molar-refractivity contribution in [1.29, 1.82) is 0 Å². The van der Waals surface area contributed by atoms with Gasteiger partial charge in [0.1, 0.15) is 5.75 Å². The quantitative estimate of drug-likeness (QED) is 0.792. The highest BCUT2D eigenvalue weighted by atomic mass is 79.9. The Balaban J connectivity index is 2.18. The second-order valence-corrected chi connectivity index (χ2v) is 4.99. The van der Waals surface area contributed by atoms with E-state index in [-0.39, 0.29) is 5.41 Å². The first kappa shape index (κ1) is 11.9. The van der Waals surface area contributed by atoms with Gasteiger partial charge < -0.3 is 9.47 Å². The van der Waals surface area contributed by atoms with Crippen LogP contribution in [0.3, 0.4) is 0 Å². The Morgan fingerprint density at radius 2 is 2.25 bits per heavy atom. The molecule has 1 saturated heterocycles. The molecule has 0 aliphatic carbocycles. The standard InChI is InChI=1S/C13H17BrO2/c1-15-12-5-3-2-4-11(12)8-13(9-14)6-7-16-10-13/h2-5H,6-10H2,1H3. The maximum atomic E-state index is 5.53. The molecule has 16 heavy (non-hydrogen) atoms. The minimum Gasteiger partial charge on any atom is -0.496 e. The Kier molecular flexibility index (Phi) is 3.87. The van der Waals surface area contributed by atoms with Crippen LogP contribution >= 0.6 is 15.9 Å². The lowest BCUT2D eigenvalue weighted by molar-refractivity contribution is 0.161. The molecule has 1 atom stereocenters. The fourth-order valence-corrected chi connectivity index (χ4v) is 2.84. The van der Waals surface area contributed by atoms with Gasteiger partial charge in [-0.25, -0.2) is 0 Å². The SMILES string of the molecule is COc1ccccc1CC1(CBr)CCOC1. The average molecular weight is 285 g/mol. The lowest BCUT2D eigenvalue weighted by Crippen LogP contribution is -2.26. The minimum atomic E-state index is 0.245. The van der Waals surface area contributed by atoms with Crippen LogP contribution in [0.4, 0.5) is 0 Å². The number of rotatable bonds is 4. The molecule has 1 aliphatic rings. The van der Waals surface area contributed by atoms with Crippen molar-refractivity contribution in [1.82, 2.24) is 0 Å². The van der Waals surface area contributed by atoms with Crippen molar-refractivity contribution in [2.24, 2.45) is 5.41 Å². The molecule has 0 saturated carbocycles. The molecular weight excluding hydrogens is 268 g/mol. The summed E-state index contributed by atoms with van der Waals surface area (Å²) < 4.78 is 10.9. The lowest BCUT2D eigenvalue weighted by Gasteiger charge is -2.25. The fourth-order valence-electron chi connectivity index (χ4n) is 2.19. The first-order valence-electron chi connectivity index (χ1n) is 5.55. The van der Waals surface area contributed by atoms with Gasteiger partial charge >= 0.3 is 0 Å². The van der Waals surface area contributed by atoms with Crippen molar-refractivity contribution in [3.63, 3.8) is 0 Å². The molecule has 2 rings (SSSR count). The smallest absolute Gasteiger partial charge is 0.122 e. The number of ether oxygens (including phenoxy) is 2. The Bertz CT molecular complexity index is 346. The summed E-state index contributed by atoms with van der Waals surface area (Å²) in [6.07, 6.45) is 2.14. The number of methoxy groups -OCH3 is 1. The van der Waals surface area contributed by atoms with Crippen LogP contribution in [0.5, 0.6) is 5.75 Å². The number of halogens is 1. The maximum absolute atomic E-state index is 5.53. The molecule has 0 N–H and O–H groups in total. The average Bonchev–Trinajstić information content (AvgIpc) is 2.79. The van der Waals surface area contributed by atoms with Crippen LogP contribution in [-0.4, -0.2) is 25.7 Å². The number of alkyl halides is 1. The molecule has 2 nitrogen and oxygen atoms in total. The van der Waals surface area contributed by atoms with Crippen LogP contribution in [0.2, 0.25) is 0 Å².